The topological polar surface area (TPSA) is 57.7 Å². The molecule has 0 radical (unpaired) electrons. The van der Waals surface area contributed by atoms with Crippen molar-refractivity contribution in [3.8, 4) is 11.5 Å². The lowest BCUT2D eigenvalue weighted by Crippen LogP contribution is -2.06. The number of hydrogen-bond donors (Lipinski definition) is 0. The number of rotatable bonds is 5. The van der Waals surface area contributed by atoms with Crippen molar-refractivity contribution < 1.29 is 19.0 Å². The van der Waals surface area contributed by atoms with E-state index in [1.54, 1.807) is 12.1 Å². The summed E-state index contributed by atoms with van der Waals surface area (Å²) in [5.41, 5.74) is 0.896. The maximum Gasteiger partial charge on any atom is 0.356 e. The summed E-state index contributed by atoms with van der Waals surface area (Å²) in [5, 5.41) is 0.811. The summed E-state index contributed by atoms with van der Waals surface area (Å²) >= 11 is 0. The van der Waals surface area contributed by atoms with Crippen LogP contribution in [0.5, 0.6) is 11.5 Å². The number of hydrogen-bond acceptors (Lipinski definition) is 5. The first-order valence-corrected chi connectivity index (χ1v) is 6.48. The van der Waals surface area contributed by atoms with Crippen LogP contribution in [0.4, 0.5) is 0 Å². The third kappa shape index (κ3) is 2.82. The molecule has 0 saturated heterocycles. The number of methoxy groups -OCH3 is 1. The summed E-state index contributed by atoms with van der Waals surface area (Å²) < 4.78 is 15.8. The van der Waals surface area contributed by atoms with Gasteiger partial charge in [-0.1, -0.05) is 0 Å². The smallest absolute Gasteiger partial charge is 0.356 e. The lowest BCUT2D eigenvalue weighted by atomic mass is 10.1. The van der Waals surface area contributed by atoms with E-state index in [4.69, 9.17) is 14.2 Å². The molecule has 0 unspecified atom stereocenters. The van der Waals surface area contributed by atoms with Gasteiger partial charge in [-0.25, -0.2) is 9.78 Å². The molecule has 0 saturated carbocycles. The Balaban J connectivity index is 2.58. The zero-order valence-electron chi connectivity index (χ0n) is 11.8. The van der Waals surface area contributed by atoms with Gasteiger partial charge >= 0.3 is 5.97 Å². The fraction of sp³-hybridized carbons (Fsp3) is 0.333. The number of carbonyl (C=O) groups is 1. The van der Waals surface area contributed by atoms with E-state index < -0.39 is 5.97 Å². The van der Waals surface area contributed by atoms with Crippen LogP contribution in [0.2, 0.25) is 0 Å². The summed E-state index contributed by atoms with van der Waals surface area (Å²) in [5.74, 6) is 0.856. The first kappa shape index (κ1) is 14.1. The molecule has 0 amide bonds. The molecule has 0 aliphatic carbocycles. The van der Waals surface area contributed by atoms with Gasteiger partial charge < -0.3 is 14.2 Å². The standard InChI is InChI=1S/C15H17NO4/c1-4-19-10-6-7-12-11(8-10)14(20-5-2)9-13(16-12)15(17)18-3/h6-9H,4-5H2,1-3H3. The molecule has 20 heavy (non-hydrogen) atoms. The molecule has 0 fully saturated rings. The van der Waals surface area contributed by atoms with Crippen LogP contribution in [0.3, 0.4) is 0 Å². The Hall–Kier alpha value is -2.30. The second-order valence-corrected chi connectivity index (χ2v) is 4.04. The van der Waals surface area contributed by atoms with E-state index >= 15 is 0 Å². The van der Waals surface area contributed by atoms with Crippen molar-refractivity contribution in [1.29, 1.82) is 0 Å². The van der Waals surface area contributed by atoms with Crippen LogP contribution < -0.4 is 9.47 Å². The number of fused-ring (bicyclic) bond motifs is 1. The Morgan fingerprint density at radius 2 is 1.90 bits per heavy atom. The second-order valence-electron chi connectivity index (χ2n) is 4.04. The molecule has 2 aromatic rings. The summed E-state index contributed by atoms with van der Waals surface area (Å²) in [6.07, 6.45) is 0. The normalized spacial score (nSPS) is 10.3. The van der Waals surface area contributed by atoms with Crippen LogP contribution >= 0.6 is 0 Å². The van der Waals surface area contributed by atoms with Crippen molar-refractivity contribution in [2.75, 3.05) is 20.3 Å². The van der Waals surface area contributed by atoms with Gasteiger partial charge in [-0.05, 0) is 32.0 Å². The third-order valence-electron chi connectivity index (χ3n) is 2.75. The van der Waals surface area contributed by atoms with Crippen molar-refractivity contribution in [3.63, 3.8) is 0 Å². The summed E-state index contributed by atoms with van der Waals surface area (Å²) in [7, 11) is 1.33. The van der Waals surface area contributed by atoms with Gasteiger partial charge in [0.1, 0.15) is 11.5 Å². The molecule has 0 aliphatic heterocycles. The Bertz CT molecular complexity index is 625. The summed E-state index contributed by atoms with van der Waals surface area (Å²) in [6, 6.07) is 7.07. The SMILES string of the molecule is CCOc1ccc2nc(C(=O)OC)cc(OCC)c2c1. The monoisotopic (exact) mass is 275 g/mol. The van der Waals surface area contributed by atoms with Crippen molar-refractivity contribution in [1.82, 2.24) is 4.98 Å². The van der Waals surface area contributed by atoms with Gasteiger partial charge in [0.05, 0.1) is 25.8 Å². The molecule has 1 heterocycles. The van der Waals surface area contributed by atoms with E-state index in [-0.39, 0.29) is 5.69 Å². The lowest BCUT2D eigenvalue weighted by Gasteiger charge is -2.11. The fourth-order valence-electron chi connectivity index (χ4n) is 1.91. The van der Waals surface area contributed by atoms with E-state index in [0.717, 1.165) is 11.1 Å². The minimum Gasteiger partial charge on any atom is -0.494 e. The maximum atomic E-state index is 11.6. The average molecular weight is 275 g/mol. The molecule has 5 nitrogen and oxygen atoms in total. The largest absolute Gasteiger partial charge is 0.494 e. The quantitative estimate of drug-likeness (QED) is 0.785. The molecule has 0 bridgehead atoms. The molecular formula is C15H17NO4. The van der Waals surface area contributed by atoms with E-state index in [1.807, 2.05) is 26.0 Å². The highest BCUT2D eigenvalue weighted by molar-refractivity contribution is 5.94. The minimum absolute atomic E-state index is 0.229. The van der Waals surface area contributed by atoms with Crippen LogP contribution in [-0.2, 0) is 4.74 Å². The van der Waals surface area contributed by atoms with Crippen LogP contribution in [-0.4, -0.2) is 31.3 Å². The van der Waals surface area contributed by atoms with Crippen molar-refractivity contribution >= 4 is 16.9 Å². The molecule has 5 heteroatoms. The van der Waals surface area contributed by atoms with Gasteiger partial charge in [-0.2, -0.15) is 0 Å². The molecular weight excluding hydrogens is 258 g/mol. The molecule has 0 atom stereocenters. The van der Waals surface area contributed by atoms with Crippen molar-refractivity contribution in [2.24, 2.45) is 0 Å². The van der Waals surface area contributed by atoms with Crippen LogP contribution in [0.15, 0.2) is 24.3 Å². The Morgan fingerprint density at radius 1 is 1.15 bits per heavy atom. The third-order valence-corrected chi connectivity index (χ3v) is 2.75. The van der Waals surface area contributed by atoms with Crippen LogP contribution in [0, 0.1) is 0 Å². The van der Waals surface area contributed by atoms with E-state index in [2.05, 4.69) is 4.98 Å². The Labute approximate surface area is 117 Å². The number of carbonyl (C=O) groups excluding carboxylic acids is 1. The highest BCUT2D eigenvalue weighted by Gasteiger charge is 2.13. The minimum atomic E-state index is -0.485. The second kappa shape index (κ2) is 6.23. The molecule has 106 valence electrons. The predicted molar refractivity (Wildman–Crippen MR) is 75.4 cm³/mol. The van der Waals surface area contributed by atoms with Gasteiger partial charge in [-0.3, -0.25) is 0 Å². The highest BCUT2D eigenvalue weighted by Crippen LogP contribution is 2.29. The van der Waals surface area contributed by atoms with Gasteiger partial charge in [0.15, 0.2) is 5.69 Å². The Morgan fingerprint density at radius 3 is 2.55 bits per heavy atom. The number of esters is 1. The van der Waals surface area contributed by atoms with Gasteiger partial charge in [0, 0.05) is 11.5 Å². The lowest BCUT2D eigenvalue weighted by molar-refractivity contribution is 0.0594. The Kier molecular flexibility index (Phi) is 4.40. The van der Waals surface area contributed by atoms with E-state index in [0.29, 0.717) is 24.5 Å². The van der Waals surface area contributed by atoms with Gasteiger partial charge in [0.25, 0.3) is 0 Å². The molecule has 0 spiro atoms. The van der Waals surface area contributed by atoms with Gasteiger partial charge in [0.2, 0.25) is 0 Å². The molecule has 1 aromatic heterocycles. The number of ether oxygens (including phenoxy) is 3. The first-order valence-electron chi connectivity index (χ1n) is 6.48. The highest BCUT2D eigenvalue weighted by atomic mass is 16.5. The number of nitrogens with zero attached hydrogens (tertiary/aromatic N) is 1. The zero-order chi connectivity index (χ0) is 14.5. The first-order chi connectivity index (χ1) is 9.69. The van der Waals surface area contributed by atoms with E-state index in [9.17, 15) is 4.79 Å². The maximum absolute atomic E-state index is 11.6. The van der Waals surface area contributed by atoms with Crippen LogP contribution in [0.1, 0.15) is 24.3 Å². The fourth-order valence-corrected chi connectivity index (χ4v) is 1.91. The van der Waals surface area contributed by atoms with Crippen molar-refractivity contribution in [2.45, 2.75) is 13.8 Å². The summed E-state index contributed by atoms with van der Waals surface area (Å²) in [4.78, 5) is 15.9. The molecule has 1 aromatic carbocycles. The van der Waals surface area contributed by atoms with Crippen molar-refractivity contribution in [3.05, 3.63) is 30.0 Å². The summed E-state index contributed by atoms with van der Waals surface area (Å²) in [6.45, 7) is 4.89. The number of aromatic nitrogens is 1. The van der Waals surface area contributed by atoms with Crippen LogP contribution in [0.25, 0.3) is 10.9 Å². The molecule has 0 aliphatic rings. The average Bonchev–Trinajstić information content (AvgIpc) is 2.47. The van der Waals surface area contributed by atoms with Gasteiger partial charge in [-0.15, -0.1) is 0 Å². The van der Waals surface area contributed by atoms with E-state index in [1.165, 1.54) is 7.11 Å². The zero-order valence-corrected chi connectivity index (χ0v) is 11.8. The predicted octanol–water partition coefficient (Wildman–Crippen LogP) is 2.82. The number of benzene rings is 1. The number of pyridine rings is 1. The molecule has 2 rings (SSSR count). The molecule has 0 N–H and O–H groups in total.